The lowest BCUT2D eigenvalue weighted by molar-refractivity contribution is -0.118. The number of hydrogen-bond acceptors (Lipinski definition) is 3. The van der Waals surface area contributed by atoms with Crippen molar-refractivity contribution in [1.82, 2.24) is 5.32 Å². The fraction of sp³-hybridized carbons (Fsp3) is 0.438. The van der Waals surface area contributed by atoms with E-state index in [4.69, 9.17) is 0 Å². The number of carbonyl (C=O) groups is 1. The molecule has 2 atom stereocenters. The molecule has 1 amide bonds. The molecule has 0 aromatic heterocycles. The minimum Gasteiger partial charge on any atom is -0.387 e. The van der Waals surface area contributed by atoms with E-state index in [9.17, 15) is 9.90 Å². The van der Waals surface area contributed by atoms with Gasteiger partial charge in [-0.25, -0.2) is 0 Å². The first-order valence-electron chi connectivity index (χ1n) is 6.99. The van der Waals surface area contributed by atoms with E-state index in [-0.39, 0.29) is 11.2 Å². The Morgan fingerprint density at radius 1 is 1.50 bits per heavy atom. The molecule has 1 fully saturated rings. The first-order valence-corrected chi connectivity index (χ1v) is 8.04. The summed E-state index contributed by atoms with van der Waals surface area (Å²) >= 11 is 1.77. The number of aliphatic hydroxyl groups is 1. The fourth-order valence-electron chi connectivity index (χ4n) is 2.27. The summed E-state index contributed by atoms with van der Waals surface area (Å²) in [5.74, 6) is 0.837. The van der Waals surface area contributed by atoms with Crippen LogP contribution in [0.5, 0.6) is 0 Å². The van der Waals surface area contributed by atoms with Crippen LogP contribution in [-0.2, 0) is 4.79 Å². The summed E-state index contributed by atoms with van der Waals surface area (Å²) in [6.45, 7) is 2.42. The van der Waals surface area contributed by atoms with E-state index >= 15 is 0 Å². The van der Waals surface area contributed by atoms with Crippen molar-refractivity contribution < 1.29 is 9.90 Å². The summed E-state index contributed by atoms with van der Waals surface area (Å²) in [6.07, 6.45) is 5.09. The van der Waals surface area contributed by atoms with Gasteiger partial charge in [0.15, 0.2) is 0 Å². The topological polar surface area (TPSA) is 49.3 Å². The van der Waals surface area contributed by atoms with E-state index in [1.165, 1.54) is 6.08 Å². The molecule has 2 N–H and O–H groups in total. The second-order valence-electron chi connectivity index (χ2n) is 5.05. The van der Waals surface area contributed by atoms with Crippen LogP contribution < -0.4 is 5.32 Å². The highest BCUT2D eigenvalue weighted by molar-refractivity contribution is 8.00. The molecule has 1 aliphatic carbocycles. The molecular weight excluding hydrogens is 270 g/mol. The van der Waals surface area contributed by atoms with Crippen LogP contribution in [0.2, 0.25) is 0 Å². The maximum atomic E-state index is 11.8. The zero-order valence-electron chi connectivity index (χ0n) is 11.7. The van der Waals surface area contributed by atoms with E-state index < -0.39 is 5.60 Å². The highest BCUT2D eigenvalue weighted by Crippen LogP contribution is 2.40. The Morgan fingerprint density at radius 3 is 2.85 bits per heavy atom. The van der Waals surface area contributed by atoms with Crippen LogP contribution in [0, 0.1) is 0 Å². The largest absolute Gasteiger partial charge is 0.387 e. The third kappa shape index (κ3) is 3.87. The molecule has 1 aromatic rings. The Labute approximate surface area is 124 Å². The lowest BCUT2D eigenvalue weighted by Crippen LogP contribution is -2.56. The smallest absolute Gasteiger partial charge is 0.244 e. The van der Waals surface area contributed by atoms with Crippen LogP contribution in [0.3, 0.4) is 0 Å². The molecule has 4 heteroatoms. The molecule has 3 nitrogen and oxygen atoms in total. The number of amides is 1. The molecule has 0 bridgehead atoms. The Hall–Kier alpha value is -1.26. The van der Waals surface area contributed by atoms with E-state index in [0.29, 0.717) is 6.54 Å². The molecular formula is C16H21NO2S. The molecule has 2 rings (SSSR count). The standard InChI is InChI=1S/C16H21NO2S/c1-2-20-14-10-11-16(14,19)12-17-15(18)9-8-13-6-4-3-5-7-13/h3-9,14,19H,2,10-12H2,1H3,(H,17,18)/b9-8+/t14-,16+/m1/s1. The zero-order valence-corrected chi connectivity index (χ0v) is 12.5. The van der Waals surface area contributed by atoms with Gasteiger partial charge in [0.2, 0.25) is 5.91 Å². The van der Waals surface area contributed by atoms with Crippen molar-refractivity contribution in [1.29, 1.82) is 0 Å². The van der Waals surface area contributed by atoms with Gasteiger partial charge in [-0.1, -0.05) is 37.3 Å². The summed E-state index contributed by atoms with van der Waals surface area (Å²) in [5, 5.41) is 13.4. The summed E-state index contributed by atoms with van der Waals surface area (Å²) in [4.78, 5) is 11.8. The van der Waals surface area contributed by atoms with Crippen molar-refractivity contribution in [2.45, 2.75) is 30.6 Å². The molecule has 0 aliphatic heterocycles. The van der Waals surface area contributed by atoms with Gasteiger partial charge in [0.25, 0.3) is 0 Å². The molecule has 0 heterocycles. The summed E-state index contributed by atoms with van der Waals surface area (Å²) in [5.41, 5.74) is 0.265. The van der Waals surface area contributed by atoms with Crippen molar-refractivity contribution in [2.24, 2.45) is 0 Å². The van der Waals surface area contributed by atoms with Gasteiger partial charge in [-0.3, -0.25) is 4.79 Å². The minimum absolute atomic E-state index is 0.158. The SMILES string of the molecule is CCS[C@@H]1CC[C@]1(O)CNC(=O)/C=C/c1ccccc1. The number of nitrogens with one attached hydrogen (secondary N) is 1. The number of rotatable bonds is 6. The van der Waals surface area contributed by atoms with Crippen LogP contribution >= 0.6 is 11.8 Å². The second kappa shape index (κ2) is 6.95. The van der Waals surface area contributed by atoms with Gasteiger partial charge in [-0.05, 0) is 30.2 Å². The predicted molar refractivity (Wildman–Crippen MR) is 84.6 cm³/mol. The Bertz CT molecular complexity index is 475. The third-order valence-corrected chi connectivity index (χ3v) is 5.01. The average Bonchev–Trinajstić information content (AvgIpc) is 2.48. The molecule has 0 saturated heterocycles. The molecule has 20 heavy (non-hydrogen) atoms. The van der Waals surface area contributed by atoms with E-state index in [1.807, 2.05) is 30.3 Å². The highest BCUT2D eigenvalue weighted by atomic mass is 32.2. The van der Waals surface area contributed by atoms with Gasteiger partial charge in [0.05, 0.1) is 5.60 Å². The fourth-order valence-corrected chi connectivity index (χ4v) is 3.47. The molecule has 1 aromatic carbocycles. The maximum Gasteiger partial charge on any atom is 0.244 e. The third-order valence-electron chi connectivity index (χ3n) is 3.60. The normalized spacial score (nSPS) is 25.4. The summed E-state index contributed by atoms with van der Waals surface area (Å²) in [6, 6.07) is 9.69. The van der Waals surface area contributed by atoms with Gasteiger partial charge < -0.3 is 10.4 Å². The molecule has 0 radical (unpaired) electrons. The summed E-state index contributed by atoms with van der Waals surface area (Å²) < 4.78 is 0. The van der Waals surface area contributed by atoms with Gasteiger partial charge in [-0.15, -0.1) is 0 Å². The van der Waals surface area contributed by atoms with Gasteiger partial charge in [0, 0.05) is 17.9 Å². The van der Waals surface area contributed by atoms with Crippen molar-refractivity contribution in [2.75, 3.05) is 12.3 Å². The Morgan fingerprint density at radius 2 is 2.25 bits per heavy atom. The quantitative estimate of drug-likeness (QED) is 0.792. The summed E-state index contributed by atoms with van der Waals surface area (Å²) in [7, 11) is 0. The van der Waals surface area contributed by atoms with Crippen molar-refractivity contribution >= 4 is 23.7 Å². The number of benzene rings is 1. The number of hydrogen-bond donors (Lipinski definition) is 2. The van der Waals surface area contributed by atoms with Crippen LogP contribution in [0.4, 0.5) is 0 Å². The van der Waals surface area contributed by atoms with Crippen molar-refractivity contribution in [3.8, 4) is 0 Å². The highest BCUT2D eigenvalue weighted by Gasteiger charge is 2.45. The lowest BCUT2D eigenvalue weighted by Gasteiger charge is -2.44. The van der Waals surface area contributed by atoms with Crippen molar-refractivity contribution in [3.63, 3.8) is 0 Å². The maximum absolute atomic E-state index is 11.8. The minimum atomic E-state index is -0.725. The van der Waals surface area contributed by atoms with E-state index in [2.05, 4.69) is 12.2 Å². The molecule has 0 spiro atoms. The van der Waals surface area contributed by atoms with Crippen LogP contribution in [0.25, 0.3) is 6.08 Å². The van der Waals surface area contributed by atoms with E-state index in [0.717, 1.165) is 24.2 Å². The zero-order chi connectivity index (χ0) is 14.4. The van der Waals surface area contributed by atoms with Crippen LogP contribution in [0.1, 0.15) is 25.3 Å². The lowest BCUT2D eigenvalue weighted by atomic mass is 9.79. The monoisotopic (exact) mass is 291 g/mol. The first-order chi connectivity index (χ1) is 9.64. The van der Waals surface area contributed by atoms with Gasteiger partial charge in [-0.2, -0.15) is 11.8 Å². The first kappa shape index (κ1) is 15.1. The van der Waals surface area contributed by atoms with Gasteiger partial charge >= 0.3 is 0 Å². The molecule has 1 aliphatic rings. The van der Waals surface area contributed by atoms with Crippen molar-refractivity contribution in [3.05, 3.63) is 42.0 Å². The molecule has 108 valence electrons. The second-order valence-corrected chi connectivity index (χ2v) is 6.53. The van der Waals surface area contributed by atoms with Crippen LogP contribution in [-0.4, -0.2) is 34.2 Å². The van der Waals surface area contributed by atoms with E-state index in [1.54, 1.807) is 17.8 Å². The molecule has 1 saturated carbocycles. The Balaban J connectivity index is 1.79. The number of carbonyl (C=O) groups excluding carboxylic acids is 1. The predicted octanol–water partition coefficient (Wildman–Crippen LogP) is 2.46. The number of thioether (sulfide) groups is 1. The molecule has 0 unspecified atom stereocenters. The van der Waals surface area contributed by atoms with Crippen LogP contribution in [0.15, 0.2) is 36.4 Å². The Kier molecular flexibility index (Phi) is 5.26. The van der Waals surface area contributed by atoms with Gasteiger partial charge in [0.1, 0.15) is 0 Å². The average molecular weight is 291 g/mol.